The zero-order valence-corrected chi connectivity index (χ0v) is 12.8. The minimum Gasteiger partial charge on any atom is -0.508 e. The second-order valence-corrected chi connectivity index (χ2v) is 5.97. The number of aliphatic hydroxyl groups excluding tert-OH is 1. The van der Waals surface area contributed by atoms with Crippen molar-refractivity contribution in [3.8, 4) is 5.75 Å². The Morgan fingerprint density at radius 1 is 1.09 bits per heavy atom. The lowest BCUT2D eigenvalue weighted by atomic mass is 9.86. The van der Waals surface area contributed by atoms with Gasteiger partial charge in [-0.25, -0.2) is 0 Å². The molecule has 0 saturated heterocycles. The summed E-state index contributed by atoms with van der Waals surface area (Å²) in [5, 5.41) is 19.1. The predicted molar refractivity (Wildman–Crippen MR) is 87.7 cm³/mol. The first-order valence-corrected chi connectivity index (χ1v) is 7.98. The van der Waals surface area contributed by atoms with E-state index in [1.807, 2.05) is 12.1 Å². The number of aliphatic hydroxyl groups is 1. The summed E-state index contributed by atoms with van der Waals surface area (Å²) < 4.78 is 0. The second kappa shape index (κ2) is 6.95. The number of hydrogen-bond donors (Lipinski definition) is 2. The number of rotatable bonds is 5. The molecule has 22 heavy (non-hydrogen) atoms. The van der Waals surface area contributed by atoms with Gasteiger partial charge in [0.2, 0.25) is 0 Å². The Morgan fingerprint density at radius 3 is 2.77 bits per heavy atom. The van der Waals surface area contributed by atoms with Crippen molar-refractivity contribution in [2.75, 3.05) is 13.2 Å². The molecule has 0 fully saturated rings. The van der Waals surface area contributed by atoms with Crippen LogP contribution in [0.5, 0.6) is 5.75 Å². The molecule has 0 radical (unpaired) electrons. The van der Waals surface area contributed by atoms with Crippen LogP contribution >= 0.6 is 0 Å². The van der Waals surface area contributed by atoms with Crippen LogP contribution in [-0.2, 0) is 13.0 Å². The Labute approximate surface area is 131 Å². The van der Waals surface area contributed by atoms with Crippen molar-refractivity contribution in [2.24, 2.45) is 0 Å². The Balaban J connectivity index is 1.85. The minimum absolute atomic E-state index is 0.150. The molecule has 0 spiro atoms. The van der Waals surface area contributed by atoms with Gasteiger partial charge in [0.05, 0.1) is 6.61 Å². The standard InChI is InChI=1S/C19H23NO2/c21-12-11-20(14-15-5-3-8-17(22)13-15)19-10-4-7-16-6-1-2-9-18(16)19/h1-3,5-6,8-9,13,19,21-22H,4,7,10-12,14H2. The van der Waals surface area contributed by atoms with Crippen LogP contribution in [0.25, 0.3) is 0 Å². The molecule has 3 nitrogen and oxygen atoms in total. The maximum absolute atomic E-state index is 9.66. The highest BCUT2D eigenvalue weighted by atomic mass is 16.3. The summed E-state index contributed by atoms with van der Waals surface area (Å²) in [5.41, 5.74) is 3.90. The quantitative estimate of drug-likeness (QED) is 0.890. The molecule has 0 aromatic heterocycles. The molecule has 3 rings (SSSR count). The molecule has 2 aromatic carbocycles. The van der Waals surface area contributed by atoms with Gasteiger partial charge in [0.1, 0.15) is 5.75 Å². The van der Waals surface area contributed by atoms with Gasteiger partial charge in [-0.2, -0.15) is 0 Å². The lowest BCUT2D eigenvalue weighted by Crippen LogP contribution is -2.33. The number of aryl methyl sites for hydroxylation is 1. The van der Waals surface area contributed by atoms with Crippen molar-refractivity contribution < 1.29 is 10.2 Å². The summed E-state index contributed by atoms with van der Waals surface area (Å²) in [6.07, 6.45) is 3.45. The number of phenols is 1. The number of benzene rings is 2. The van der Waals surface area contributed by atoms with E-state index < -0.39 is 0 Å². The second-order valence-electron chi connectivity index (χ2n) is 5.97. The van der Waals surface area contributed by atoms with Crippen LogP contribution in [0.4, 0.5) is 0 Å². The van der Waals surface area contributed by atoms with Crippen molar-refractivity contribution in [3.63, 3.8) is 0 Å². The van der Waals surface area contributed by atoms with E-state index in [1.165, 1.54) is 17.5 Å². The molecular weight excluding hydrogens is 274 g/mol. The van der Waals surface area contributed by atoms with E-state index in [9.17, 15) is 10.2 Å². The van der Waals surface area contributed by atoms with Gasteiger partial charge in [0.25, 0.3) is 0 Å². The SMILES string of the molecule is OCCN(Cc1cccc(O)c1)C1CCCc2ccccc21. The van der Waals surface area contributed by atoms with Gasteiger partial charge in [-0.1, -0.05) is 36.4 Å². The molecule has 1 aliphatic rings. The van der Waals surface area contributed by atoms with Gasteiger partial charge in [-0.3, -0.25) is 4.90 Å². The maximum Gasteiger partial charge on any atom is 0.115 e. The fraction of sp³-hybridized carbons (Fsp3) is 0.368. The molecule has 0 bridgehead atoms. The highest BCUT2D eigenvalue weighted by molar-refractivity contribution is 5.33. The number of aromatic hydroxyl groups is 1. The predicted octanol–water partition coefficient (Wildman–Crippen LogP) is 3.26. The van der Waals surface area contributed by atoms with E-state index in [0.29, 0.717) is 18.3 Å². The van der Waals surface area contributed by atoms with Crippen LogP contribution < -0.4 is 0 Å². The van der Waals surface area contributed by atoms with Crippen LogP contribution in [0, 0.1) is 0 Å². The van der Waals surface area contributed by atoms with Gasteiger partial charge in [0.15, 0.2) is 0 Å². The van der Waals surface area contributed by atoms with E-state index in [4.69, 9.17) is 0 Å². The van der Waals surface area contributed by atoms with Crippen LogP contribution in [-0.4, -0.2) is 28.3 Å². The lowest BCUT2D eigenvalue weighted by molar-refractivity contribution is 0.131. The van der Waals surface area contributed by atoms with Crippen LogP contribution in [0.3, 0.4) is 0 Å². The molecule has 2 N–H and O–H groups in total. The van der Waals surface area contributed by atoms with Gasteiger partial charge in [-0.15, -0.1) is 0 Å². The van der Waals surface area contributed by atoms with Gasteiger partial charge >= 0.3 is 0 Å². The molecule has 3 heteroatoms. The topological polar surface area (TPSA) is 43.7 Å². The number of nitrogens with zero attached hydrogens (tertiary/aromatic N) is 1. The fourth-order valence-corrected chi connectivity index (χ4v) is 3.47. The molecular formula is C19H23NO2. The summed E-state index contributed by atoms with van der Waals surface area (Å²) in [6.45, 7) is 1.54. The summed E-state index contributed by atoms with van der Waals surface area (Å²) in [7, 11) is 0. The molecule has 2 aromatic rings. The Hall–Kier alpha value is -1.84. The van der Waals surface area contributed by atoms with E-state index in [-0.39, 0.29) is 6.61 Å². The first kappa shape index (κ1) is 15.1. The average molecular weight is 297 g/mol. The van der Waals surface area contributed by atoms with Gasteiger partial charge < -0.3 is 10.2 Å². The summed E-state index contributed by atoms with van der Waals surface area (Å²) in [5.74, 6) is 0.297. The van der Waals surface area contributed by atoms with Crippen LogP contribution in [0.15, 0.2) is 48.5 Å². The normalized spacial score (nSPS) is 17.5. The molecule has 116 valence electrons. The largest absolute Gasteiger partial charge is 0.508 e. The molecule has 0 saturated carbocycles. The van der Waals surface area contributed by atoms with Crippen molar-refractivity contribution in [1.82, 2.24) is 4.90 Å². The smallest absolute Gasteiger partial charge is 0.115 e. The maximum atomic E-state index is 9.66. The molecule has 0 amide bonds. The lowest BCUT2D eigenvalue weighted by Gasteiger charge is -2.35. The highest BCUT2D eigenvalue weighted by Crippen LogP contribution is 2.35. The zero-order valence-electron chi connectivity index (χ0n) is 12.8. The Kier molecular flexibility index (Phi) is 4.76. The molecule has 1 aliphatic carbocycles. The van der Waals surface area contributed by atoms with Gasteiger partial charge in [-0.05, 0) is 48.1 Å². The van der Waals surface area contributed by atoms with Crippen molar-refractivity contribution in [2.45, 2.75) is 31.8 Å². The van der Waals surface area contributed by atoms with E-state index >= 15 is 0 Å². The molecule has 0 heterocycles. The zero-order chi connectivity index (χ0) is 15.4. The summed E-state index contributed by atoms with van der Waals surface area (Å²) >= 11 is 0. The number of phenolic OH excluding ortho intramolecular Hbond substituents is 1. The first-order valence-electron chi connectivity index (χ1n) is 7.98. The third-order valence-corrected chi connectivity index (χ3v) is 4.46. The van der Waals surface area contributed by atoms with Gasteiger partial charge in [0, 0.05) is 19.1 Å². The van der Waals surface area contributed by atoms with Crippen molar-refractivity contribution >= 4 is 0 Å². The summed E-state index contributed by atoms with van der Waals surface area (Å²) in [4.78, 5) is 2.33. The number of fused-ring (bicyclic) bond motifs is 1. The first-order chi connectivity index (χ1) is 10.8. The van der Waals surface area contributed by atoms with E-state index in [1.54, 1.807) is 12.1 Å². The average Bonchev–Trinajstić information content (AvgIpc) is 2.54. The molecule has 1 unspecified atom stereocenters. The van der Waals surface area contributed by atoms with Crippen molar-refractivity contribution in [3.05, 3.63) is 65.2 Å². The molecule has 0 aliphatic heterocycles. The number of hydrogen-bond acceptors (Lipinski definition) is 3. The van der Waals surface area contributed by atoms with E-state index in [0.717, 1.165) is 24.9 Å². The minimum atomic E-state index is 0.150. The van der Waals surface area contributed by atoms with Crippen LogP contribution in [0.1, 0.15) is 35.6 Å². The Morgan fingerprint density at radius 2 is 1.95 bits per heavy atom. The van der Waals surface area contributed by atoms with Crippen LogP contribution in [0.2, 0.25) is 0 Å². The highest BCUT2D eigenvalue weighted by Gasteiger charge is 2.25. The fourth-order valence-electron chi connectivity index (χ4n) is 3.47. The third kappa shape index (κ3) is 3.32. The summed E-state index contributed by atoms with van der Waals surface area (Å²) in [6, 6.07) is 16.4. The molecule has 1 atom stereocenters. The van der Waals surface area contributed by atoms with Crippen molar-refractivity contribution in [1.29, 1.82) is 0 Å². The monoisotopic (exact) mass is 297 g/mol. The Bertz CT molecular complexity index is 626. The third-order valence-electron chi connectivity index (χ3n) is 4.46. The van der Waals surface area contributed by atoms with E-state index in [2.05, 4.69) is 29.2 Å².